The van der Waals surface area contributed by atoms with Crippen LogP contribution in [0, 0.1) is 0 Å². The Balaban J connectivity index is 2.31. The molecule has 0 spiro atoms. The molecule has 0 saturated heterocycles. The van der Waals surface area contributed by atoms with Gasteiger partial charge in [0.05, 0.1) is 19.3 Å². The van der Waals surface area contributed by atoms with Crippen LogP contribution in [-0.2, 0) is 0 Å². The van der Waals surface area contributed by atoms with E-state index >= 15 is 0 Å². The number of hydrogen-bond acceptors (Lipinski definition) is 3. The van der Waals surface area contributed by atoms with Gasteiger partial charge in [-0.1, -0.05) is 29.3 Å². The van der Waals surface area contributed by atoms with Gasteiger partial charge in [-0.25, -0.2) is 0 Å². The Kier molecular flexibility index (Phi) is 4.29. The highest BCUT2D eigenvalue weighted by atomic mass is 79.9. The fraction of sp³-hybridized carbons (Fsp3) is 0.538. The van der Waals surface area contributed by atoms with Crippen LogP contribution in [0.25, 0.3) is 0 Å². The second kappa shape index (κ2) is 5.74. The van der Waals surface area contributed by atoms with Crippen molar-refractivity contribution in [3.05, 3.63) is 22.2 Å². The molecule has 0 amide bonds. The van der Waals surface area contributed by atoms with Gasteiger partial charge >= 0.3 is 0 Å². The highest BCUT2D eigenvalue weighted by molar-refractivity contribution is 9.10. The second-order valence-corrected chi connectivity index (χ2v) is 5.03. The number of rotatable bonds is 3. The maximum atomic E-state index is 10.0. The molecule has 3 nitrogen and oxygen atoms in total. The number of aliphatic hydroxyl groups excluding tert-OH is 1. The first-order valence-electron chi connectivity index (χ1n) is 5.99. The van der Waals surface area contributed by atoms with E-state index in [4.69, 9.17) is 9.47 Å². The lowest BCUT2D eigenvalue weighted by atomic mass is 10.0. The summed E-state index contributed by atoms with van der Waals surface area (Å²) in [5, 5.41) is 10.0. The van der Waals surface area contributed by atoms with E-state index < -0.39 is 6.10 Å². The zero-order valence-corrected chi connectivity index (χ0v) is 11.5. The monoisotopic (exact) mass is 300 g/mol. The van der Waals surface area contributed by atoms with Gasteiger partial charge in [0.25, 0.3) is 0 Å². The number of fused-ring (bicyclic) bond motifs is 1. The van der Waals surface area contributed by atoms with Crippen LogP contribution in [0.15, 0.2) is 16.6 Å². The summed E-state index contributed by atoms with van der Waals surface area (Å²) >= 11 is 3.48. The molecule has 1 aliphatic heterocycles. The van der Waals surface area contributed by atoms with Crippen LogP contribution in [0.4, 0.5) is 0 Å². The predicted molar refractivity (Wildman–Crippen MR) is 69.6 cm³/mol. The molecular weight excluding hydrogens is 284 g/mol. The van der Waals surface area contributed by atoms with Crippen LogP contribution in [0.2, 0.25) is 0 Å². The highest BCUT2D eigenvalue weighted by Gasteiger charge is 2.17. The van der Waals surface area contributed by atoms with Crippen molar-refractivity contribution in [2.75, 3.05) is 13.2 Å². The molecule has 94 valence electrons. The lowest BCUT2D eigenvalue weighted by Crippen LogP contribution is -2.00. The molecule has 1 aromatic carbocycles. The van der Waals surface area contributed by atoms with E-state index in [1.165, 1.54) is 0 Å². The fourth-order valence-corrected chi connectivity index (χ4v) is 2.47. The predicted octanol–water partition coefficient (Wildman–Crippen LogP) is 3.44. The average Bonchev–Trinajstić information content (AvgIpc) is 2.52. The van der Waals surface area contributed by atoms with Gasteiger partial charge < -0.3 is 14.6 Å². The summed E-state index contributed by atoms with van der Waals surface area (Å²) in [5.74, 6) is 1.48. The topological polar surface area (TPSA) is 38.7 Å². The number of hydrogen-bond donors (Lipinski definition) is 1. The van der Waals surface area contributed by atoms with Gasteiger partial charge in [0.1, 0.15) is 0 Å². The molecule has 1 N–H and O–H groups in total. The minimum absolute atomic E-state index is 0.452. The first kappa shape index (κ1) is 12.7. The molecule has 2 rings (SSSR count). The van der Waals surface area contributed by atoms with Crippen LogP contribution in [0.3, 0.4) is 0 Å². The van der Waals surface area contributed by atoms with Crippen molar-refractivity contribution in [3.63, 3.8) is 0 Å². The molecule has 1 aliphatic rings. The zero-order valence-electron chi connectivity index (χ0n) is 9.91. The van der Waals surface area contributed by atoms with Crippen molar-refractivity contribution < 1.29 is 14.6 Å². The summed E-state index contributed by atoms with van der Waals surface area (Å²) in [4.78, 5) is 0. The third kappa shape index (κ3) is 2.93. The summed E-state index contributed by atoms with van der Waals surface area (Å²) in [5.41, 5.74) is 0.871. The SMILES string of the molecule is CCCC(O)c1cc2c(cc1Br)OCCCO2. The normalized spacial score (nSPS) is 16.4. The van der Waals surface area contributed by atoms with E-state index in [-0.39, 0.29) is 0 Å². The zero-order chi connectivity index (χ0) is 12.3. The Morgan fingerprint density at radius 1 is 1.29 bits per heavy atom. The van der Waals surface area contributed by atoms with Crippen molar-refractivity contribution in [1.82, 2.24) is 0 Å². The Morgan fingerprint density at radius 3 is 2.59 bits per heavy atom. The van der Waals surface area contributed by atoms with Gasteiger partial charge in [0.2, 0.25) is 0 Å². The summed E-state index contributed by atoms with van der Waals surface area (Å²) in [7, 11) is 0. The van der Waals surface area contributed by atoms with Crippen LogP contribution in [-0.4, -0.2) is 18.3 Å². The summed E-state index contributed by atoms with van der Waals surface area (Å²) in [6.07, 6.45) is 2.13. The largest absolute Gasteiger partial charge is 0.490 e. The molecule has 4 heteroatoms. The summed E-state index contributed by atoms with van der Waals surface area (Å²) in [6, 6.07) is 3.76. The first-order chi connectivity index (χ1) is 8.22. The smallest absolute Gasteiger partial charge is 0.162 e. The molecule has 1 atom stereocenters. The molecular formula is C13H17BrO3. The lowest BCUT2D eigenvalue weighted by molar-refractivity contribution is 0.165. The van der Waals surface area contributed by atoms with Gasteiger partial charge in [-0.3, -0.25) is 0 Å². The molecule has 0 bridgehead atoms. The van der Waals surface area contributed by atoms with Gasteiger partial charge in [0, 0.05) is 10.9 Å². The maximum Gasteiger partial charge on any atom is 0.162 e. The van der Waals surface area contributed by atoms with Crippen molar-refractivity contribution >= 4 is 15.9 Å². The quantitative estimate of drug-likeness (QED) is 0.929. The Hall–Kier alpha value is -0.740. The molecule has 0 aliphatic carbocycles. The first-order valence-corrected chi connectivity index (χ1v) is 6.78. The number of halogens is 1. The summed E-state index contributed by atoms with van der Waals surface area (Å²) < 4.78 is 12.1. The minimum Gasteiger partial charge on any atom is -0.490 e. The number of aliphatic hydroxyl groups is 1. The van der Waals surface area contributed by atoms with Crippen molar-refractivity contribution in [2.24, 2.45) is 0 Å². The van der Waals surface area contributed by atoms with Gasteiger partial charge in [-0.15, -0.1) is 0 Å². The van der Waals surface area contributed by atoms with Crippen LogP contribution in [0.1, 0.15) is 37.9 Å². The fourth-order valence-electron chi connectivity index (χ4n) is 1.88. The van der Waals surface area contributed by atoms with Gasteiger partial charge in [0.15, 0.2) is 11.5 Å². The molecule has 0 saturated carbocycles. The van der Waals surface area contributed by atoms with E-state index in [1.807, 2.05) is 12.1 Å². The van der Waals surface area contributed by atoms with Crippen molar-refractivity contribution in [1.29, 1.82) is 0 Å². The van der Waals surface area contributed by atoms with E-state index in [1.54, 1.807) is 0 Å². The number of ether oxygens (including phenoxy) is 2. The molecule has 1 aromatic rings. The third-order valence-corrected chi connectivity index (χ3v) is 3.47. The molecule has 17 heavy (non-hydrogen) atoms. The second-order valence-electron chi connectivity index (χ2n) is 4.18. The van der Waals surface area contributed by atoms with Crippen LogP contribution < -0.4 is 9.47 Å². The summed E-state index contributed by atoms with van der Waals surface area (Å²) in [6.45, 7) is 3.40. The van der Waals surface area contributed by atoms with E-state index in [0.29, 0.717) is 13.2 Å². The minimum atomic E-state index is -0.452. The average molecular weight is 301 g/mol. The Morgan fingerprint density at radius 2 is 1.94 bits per heavy atom. The lowest BCUT2D eigenvalue weighted by Gasteiger charge is -2.15. The van der Waals surface area contributed by atoms with Gasteiger partial charge in [-0.2, -0.15) is 0 Å². The maximum absolute atomic E-state index is 10.0. The highest BCUT2D eigenvalue weighted by Crippen LogP contribution is 2.38. The Labute approximate surface area is 110 Å². The van der Waals surface area contributed by atoms with E-state index in [2.05, 4.69) is 22.9 Å². The van der Waals surface area contributed by atoms with Crippen molar-refractivity contribution in [2.45, 2.75) is 32.3 Å². The number of benzene rings is 1. The third-order valence-electron chi connectivity index (χ3n) is 2.79. The molecule has 1 unspecified atom stereocenters. The molecule has 1 heterocycles. The van der Waals surface area contributed by atoms with Crippen LogP contribution in [0.5, 0.6) is 11.5 Å². The van der Waals surface area contributed by atoms with Gasteiger partial charge in [-0.05, 0) is 24.1 Å². The van der Waals surface area contributed by atoms with E-state index in [0.717, 1.165) is 40.8 Å². The van der Waals surface area contributed by atoms with E-state index in [9.17, 15) is 5.11 Å². The molecule has 0 fully saturated rings. The van der Waals surface area contributed by atoms with Crippen molar-refractivity contribution in [3.8, 4) is 11.5 Å². The van der Waals surface area contributed by atoms with Crippen LogP contribution >= 0.6 is 15.9 Å². The Bertz CT molecular complexity index is 392. The molecule has 0 radical (unpaired) electrons. The molecule has 0 aromatic heterocycles. The standard InChI is InChI=1S/C13H17BrO3/c1-2-4-11(15)9-7-12-13(8-10(9)14)17-6-3-5-16-12/h7-8,11,15H,2-6H2,1H3.